The van der Waals surface area contributed by atoms with Crippen molar-refractivity contribution in [2.45, 2.75) is 52.7 Å². The van der Waals surface area contributed by atoms with Gasteiger partial charge in [-0.05, 0) is 25.8 Å². The standard InChI is InChI=1S/C16H25N5O3/c1-10(2)12(9-22)17-15(23)7-5-13-18-19-14-6-8-16(20-21(13)14)24-11(3)4/h6,8,10-12,22H,5,7,9H2,1-4H3,(H,17,23). The molecule has 2 aromatic heterocycles. The smallest absolute Gasteiger partial charge is 0.232 e. The number of aliphatic hydroxyl groups excluding tert-OH is 1. The van der Waals surface area contributed by atoms with Gasteiger partial charge in [0.15, 0.2) is 11.5 Å². The molecule has 0 bridgehead atoms. The molecule has 0 fully saturated rings. The van der Waals surface area contributed by atoms with Gasteiger partial charge in [-0.3, -0.25) is 4.79 Å². The zero-order valence-electron chi connectivity index (χ0n) is 14.6. The Labute approximate surface area is 141 Å². The van der Waals surface area contributed by atoms with Crippen LogP contribution in [-0.4, -0.2) is 49.6 Å². The van der Waals surface area contributed by atoms with Crippen molar-refractivity contribution >= 4 is 11.6 Å². The first kappa shape index (κ1) is 18.1. The van der Waals surface area contributed by atoms with Crippen LogP contribution in [0.4, 0.5) is 0 Å². The molecule has 0 aliphatic rings. The summed E-state index contributed by atoms with van der Waals surface area (Å²) in [7, 11) is 0. The van der Waals surface area contributed by atoms with Crippen molar-refractivity contribution in [1.29, 1.82) is 0 Å². The van der Waals surface area contributed by atoms with E-state index >= 15 is 0 Å². The minimum absolute atomic E-state index is 0.0205. The summed E-state index contributed by atoms with van der Waals surface area (Å²) in [6.07, 6.45) is 0.676. The number of aryl methyl sites for hydroxylation is 1. The van der Waals surface area contributed by atoms with Gasteiger partial charge in [0.2, 0.25) is 11.8 Å². The summed E-state index contributed by atoms with van der Waals surface area (Å²) in [4.78, 5) is 12.0. The molecule has 2 aromatic rings. The fourth-order valence-corrected chi connectivity index (χ4v) is 2.20. The fraction of sp³-hybridized carbons (Fsp3) is 0.625. The predicted molar refractivity (Wildman–Crippen MR) is 88.7 cm³/mol. The van der Waals surface area contributed by atoms with E-state index in [2.05, 4.69) is 20.6 Å². The summed E-state index contributed by atoms with van der Waals surface area (Å²) < 4.78 is 7.17. The third kappa shape index (κ3) is 4.64. The first-order valence-corrected chi connectivity index (χ1v) is 8.19. The van der Waals surface area contributed by atoms with Gasteiger partial charge >= 0.3 is 0 Å². The van der Waals surface area contributed by atoms with E-state index in [9.17, 15) is 9.90 Å². The molecule has 0 aliphatic carbocycles. The molecular formula is C16H25N5O3. The van der Waals surface area contributed by atoms with Crippen LogP contribution >= 0.6 is 0 Å². The van der Waals surface area contributed by atoms with E-state index in [0.717, 1.165) is 0 Å². The lowest BCUT2D eigenvalue weighted by Crippen LogP contribution is -2.41. The Balaban J connectivity index is 2.03. The van der Waals surface area contributed by atoms with E-state index in [1.54, 1.807) is 16.6 Å². The van der Waals surface area contributed by atoms with Gasteiger partial charge in [0.05, 0.1) is 18.8 Å². The zero-order chi connectivity index (χ0) is 17.7. The number of fused-ring (bicyclic) bond motifs is 1. The molecule has 2 N–H and O–H groups in total. The molecule has 1 amide bonds. The number of aliphatic hydroxyl groups is 1. The largest absolute Gasteiger partial charge is 0.474 e. The zero-order valence-corrected chi connectivity index (χ0v) is 14.6. The summed E-state index contributed by atoms with van der Waals surface area (Å²) in [6, 6.07) is 3.29. The van der Waals surface area contributed by atoms with Crippen LogP contribution in [0.15, 0.2) is 12.1 Å². The first-order valence-electron chi connectivity index (χ1n) is 8.19. The number of hydrogen-bond acceptors (Lipinski definition) is 6. The Morgan fingerprint density at radius 3 is 2.67 bits per heavy atom. The van der Waals surface area contributed by atoms with Crippen LogP contribution in [-0.2, 0) is 11.2 Å². The lowest BCUT2D eigenvalue weighted by Gasteiger charge is -2.19. The molecule has 2 rings (SSSR count). The maximum Gasteiger partial charge on any atom is 0.232 e. The summed E-state index contributed by atoms with van der Waals surface area (Å²) in [6.45, 7) is 7.68. The van der Waals surface area contributed by atoms with Crippen LogP contribution in [0.3, 0.4) is 0 Å². The molecule has 132 valence electrons. The van der Waals surface area contributed by atoms with Gasteiger partial charge < -0.3 is 15.2 Å². The van der Waals surface area contributed by atoms with Crippen LogP contribution in [0.25, 0.3) is 5.65 Å². The van der Waals surface area contributed by atoms with Gasteiger partial charge in [-0.2, -0.15) is 4.52 Å². The minimum atomic E-state index is -0.239. The van der Waals surface area contributed by atoms with Crippen LogP contribution in [0.5, 0.6) is 5.88 Å². The molecule has 1 atom stereocenters. The topological polar surface area (TPSA) is 102 Å². The van der Waals surface area contributed by atoms with Crippen molar-refractivity contribution in [3.05, 3.63) is 18.0 Å². The Bertz CT molecular complexity index is 683. The van der Waals surface area contributed by atoms with Gasteiger partial charge in [-0.15, -0.1) is 15.3 Å². The summed E-state index contributed by atoms with van der Waals surface area (Å²) >= 11 is 0. The highest BCUT2D eigenvalue weighted by Gasteiger charge is 2.16. The molecule has 2 heterocycles. The van der Waals surface area contributed by atoms with Crippen LogP contribution in [0.1, 0.15) is 39.9 Å². The number of nitrogens with one attached hydrogen (secondary N) is 1. The van der Waals surface area contributed by atoms with E-state index in [1.807, 2.05) is 27.7 Å². The molecule has 1 unspecified atom stereocenters. The van der Waals surface area contributed by atoms with E-state index in [0.29, 0.717) is 23.8 Å². The SMILES string of the molecule is CC(C)Oc1ccc2nnc(CCC(=O)NC(CO)C(C)C)n2n1. The monoisotopic (exact) mass is 335 g/mol. The molecule has 8 nitrogen and oxygen atoms in total. The van der Waals surface area contributed by atoms with Gasteiger partial charge in [0.25, 0.3) is 0 Å². The molecule has 24 heavy (non-hydrogen) atoms. The van der Waals surface area contributed by atoms with Gasteiger partial charge in [-0.25, -0.2) is 0 Å². The Morgan fingerprint density at radius 2 is 2.04 bits per heavy atom. The van der Waals surface area contributed by atoms with Crippen molar-refractivity contribution in [1.82, 2.24) is 25.1 Å². The van der Waals surface area contributed by atoms with E-state index in [1.165, 1.54) is 0 Å². The lowest BCUT2D eigenvalue weighted by atomic mass is 10.1. The highest BCUT2D eigenvalue weighted by atomic mass is 16.5. The average Bonchev–Trinajstić information content (AvgIpc) is 2.92. The highest BCUT2D eigenvalue weighted by Crippen LogP contribution is 2.12. The molecule has 0 radical (unpaired) electrons. The van der Waals surface area contributed by atoms with Crippen molar-refractivity contribution in [2.24, 2.45) is 5.92 Å². The van der Waals surface area contributed by atoms with Crippen LogP contribution in [0.2, 0.25) is 0 Å². The fourth-order valence-electron chi connectivity index (χ4n) is 2.20. The van der Waals surface area contributed by atoms with Crippen molar-refractivity contribution in [3.8, 4) is 5.88 Å². The van der Waals surface area contributed by atoms with E-state index in [-0.39, 0.29) is 37.0 Å². The van der Waals surface area contributed by atoms with Gasteiger partial charge in [0, 0.05) is 18.9 Å². The third-order valence-electron chi connectivity index (χ3n) is 3.58. The summed E-state index contributed by atoms with van der Waals surface area (Å²) in [5, 5.41) is 24.6. The maximum atomic E-state index is 12.0. The van der Waals surface area contributed by atoms with Crippen molar-refractivity contribution in [3.63, 3.8) is 0 Å². The number of hydrogen-bond donors (Lipinski definition) is 2. The average molecular weight is 335 g/mol. The number of amides is 1. The normalized spacial score (nSPS) is 12.8. The Morgan fingerprint density at radius 1 is 1.29 bits per heavy atom. The second-order valence-corrected chi connectivity index (χ2v) is 6.33. The Hall–Kier alpha value is -2.22. The summed E-state index contributed by atoms with van der Waals surface area (Å²) in [5.41, 5.74) is 0.608. The lowest BCUT2D eigenvalue weighted by molar-refractivity contribution is -0.122. The molecule has 8 heteroatoms. The second-order valence-electron chi connectivity index (χ2n) is 6.33. The van der Waals surface area contributed by atoms with Gasteiger partial charge in [0.1, 0.15) is 0 Å². The van der Waals surface area contributed by atoms with Gasteiger partial charge in [-0.1, -0.05) is 13.8 Å². The molecule has 0 spiro atoms. The van der Waals surface area contributed by atoms with E-state index < -0.39 is 0 Å². The third-order valence-corrected chi connectivity index (χ3v) is 3.58. The molecule has 0 saturated heterocycles. The number of carbonyl (C=O) groups excluding carboxylic acids is 1. The maximum absolute atomic E-state index is 12.0. The first-order chi connectivity index (χ1) is 11.4. The van der Waals surface area contributed by atoms with E-state index in [4.69, 9.17) is 4.74 Å². The molecular weight excluding hydrogens is 310 g/mol. The van der Waals surface area contributed by atoms with Crippen molar-refractivity contribution in [2.75, 3.05) is 6.61 Å². The highest BCUT2D eigenvalue weighted by molar-refractivity contribution is 5.76. The summed E-state index contributed by atoms with van der Waals surface area (Å²) in [5.74, 6) is 1.13. The number of ether oxygens (including phenoxy) is 1. The predicted octanol–water partition coefficient (Wildman–Crippen LogP) is 0.977. The minimum Gasteiger partial charge on any atom is -0.474 e. The number of nitrogens with zero attached hydrogens (tertiary/aromatic N) is 4. The van der Waals surface area contributed by atoms with Crippen molar-refractivity contribution < 1.29 is 14.6 Å². The molecule has 0 aliphatic heterocycles. The molecule has 0 aromatic carbocycles. The quantitative estimate of drug-likeness (QED) is 0.745. The number of aromatic nitrogens is 4. The second kappa shape index (κ2) is 8.05. The van der Waals surface area contributed by atoms with Crippen LogP contribution in [0, 0.1) is 5.92 Å². The number of rotatable bonds is 8. The van der Waals surface area contributed by atoms with Crippen LogP contribution < -0.4 is 10.1 Å². The Kier molecular flexibility index (Phi) is 6.08. The molecule has 0 saturated carbocycles. The number of carbonyl (C=O) groups is 1.